The van der Waals surface area contributed by atoms with E-state index in [1.54, 1.807) is 17.6 Å². The molecule has 7 rings (SSSR count). The Balaban J connectivity index is 1.14. The third-order valence-electron chi connectivity index (χ3n) is 8.44. The Kier molecular flexibility index (Phi) is 4.11. The van der Waals surface area contributed by atoms with Crippen LogP contribution in [-0.2, 0) is 14.5 Å². The highest BCUT2D eigenvalue weighted by molar-refractivity contribution is 5.93. The maximum absolute atomic E-state index is 11.5. The Morgan fingerprint density at radius 3 is 2.14 bits per heavy atom. The van der Waals surface area contributed by atoms with Crippen LogP contribution in [-0.4, -0.2) is 22.7 Å². The van der Waals surface area contributed by atoms with Crippen molar-refractivity contribution in [3.05, 3.63) is 35.4 Å². The highest BCUT2D eigenvalue weighted by Crippen LogP contribution is 2.64. The summed E-state index contributed by atoms with van der Waals surface area (Å²) in [6, 6.07) is 7.50. The Morgan fingerprint density at radius 1 is 0.931 bits per heavy atom. The minimum absolute atomic E-state index is 0.425. The molecule has 6 fully saturated rings. The van der Waals surface area contributed by atoms with Gasteiger partial charge in [-0.15, -0.1) is 0 Å². The van der Waals surface area contributed by atoms with E-state index in [1.807, 2.05) is 12.1 Å². The maximum atomic E-state index is 11.5. The van der Waals surface area contributed by atoms with Gasteiger partial charge in [0.25, 0.3) is 5.91 Å². The second kappa shape index (κ2) is 6.51. The van der Waals surface area contributed by atoms with Crippen molar-refractivity contribution >= 4 is 5.91 Å². The van der Waals surface area contributed by atoms with Crippen molar-refractivity contribution in [3.8, 4) is 0 Å². The highest BCUT2D eigenvalue weighted by Gasteiger charge is 2.66. The number of carbonyl (C=O) groups excluding carboxylic acids is 1. The number of hydrogen-bond donors (Lipinski definition) is 2. The number of amides is 1. The smallest absolute Gasteiger partial charge is 0.274 e. The lowest BCUT2D eigenvalue weighted by Gasteiger charge is -2.57. The Labute approximate surface area is 170 Å². The number of ether oxygens (including phenoxy) is 1. The summed E-state index contributed by atoms with van der Waals surface area (Å²) >= 11 is 0. The van der Waals surface area contributed by atoms with Gasteiger partial charge in [-0.1, -0.05) is 12.1 Å². The van der Waals surface area contributed by atoms with Gasteiger partial charge in [0.1, 0.15) is 0 Å². The highest BCUT2D eigenvalue weighted by atomic mass is 17.3. The molecule has 5 saturated carbocycles. The molecule has 0 atom stereocenters. The zero-order valence-electron chi connectivity index (χ0n) is 16.6. The summed E-state index contributed by atoms with van der Waals surface area (Å²) in [5.74, 6) is 1.63. The second-order valence-electron chi connectivity index (χ2n) is 10.0. The van der Waals surface area contributed by atoms with Gasteiger partial charge >= 0.3 is 0 Å². The first-order valence-corrected chi connectivity index (χ1v) is 11.2. The van der Waals surface area contributed by atoms with Crippen LogP contribution < -0.4 is 5.48 Å². The normalized spacial score (nSPS) is 45.2. The summed E-state index contributed by atoms with van der Waals surface area (Å²) in [6.07, 6.45) is 10.00. The average molecular weight is 399 g/mol. The summed E-state index contributed by atoms with van der Waals surface area (Å²) in [6.45, 7) is 0. The molecule has 1 aromatic carbocycles. The Morgan fingerprint density at radius 2 is 1.55 bits per heavy atom. The summed E-state index contributed by atoms with van der Waals surface area (Å²) in [5.41, 5.74) is 3.36. The van der Waals surface area contributed by atoms with E-state index in [-0.39, 0.29) is 0 Å². The van der Waals surface area contributed by atoms with Crippen LogP contribution in [0.3, 0.4) is 0 Å². The minimum atomic E-state index is -0.581. The molecule has 2 spiro atoms. The molecule has 5 aliphatic carbocycles. The number of benzene rings is 1. The van der Waals surface area contributed by atoms with E-state index < -0.39 is 17.5 Å². The van der Waals surface area contributed by atoms with Gasteiger partial charge in [0.2, 0.25) is 11.6 Å². The third kappa shape index (κ3) is 2.80. The molecule has 0 aromatic heterocycles. The first kappa shape index (κ1) is 18.3. The van der Waals surface area contributed by atoms with E-state index in [0.29, 0.717) is 23.3 Å². The minimum Gasteiger partial charge on any atom is -0.312 e. The predicted octanol–water partition coefficient (Wildman–Crippen LogP) is 4.29. The zero-order valence-corrected chi connectivity index (χ0v) is 16.6. The fourth-order valence-electron chi connectivity index (χ4n) is 7.16. The van der Waals surface area contributed by atoms with Crippen molar-refractivity contribution in [3.63, 3.8) is 0 Å². The molecule has 0 unspecified atom stereocenters. The lowest BCUT2D eigenvalue weighted by molar-refractivity contribution is -0.390. The Bertz CT molecular complexity index is 770. The van der Waals surface area contributed by atoms with Crippen molar-refractivity contribution in [2.45, 2.75) is 75.3 Å². The molecule has 1 saturated heterocycles. The molecule has 6 aliphatic rings. The van der Waals surface area contributed by atoms with Crippen LogP contribution in [0.25, 0.3) is 0 Å². The monoisotopic (exact) mass is 399 g/mol. The zero-order chi connectivity index (χ0) is 19.6. The predicted molar refractivity (Wildman–Crippen MR) is 103 cm³/mol. The fraction of sp³-hybridized carbons (Fsp3) is 0.696. The van der Waals surface area contributed by atoms with Gasteiger partial charge in [-0.25, -0.2) is 5.48 Å². The van der Waals surface area contributed by atoms with Crippen LogP contribution >= 0.6 is 0 Å². The topological polar surface area (TPSA) is 77.0 Å². The molecule has 4 bridgehead atoms. The summed E-state index contributed by atoms with van der Waals surface area (Å²) in [5, 5.41) is 8.77. The number of hydroxylamine groups is 1. The number of carbonyl (C=O) groups is 1. The largest absolute Gasteiger partial charge is 0.312 e. The van der Waals surface area contributed by atoms with E-state index in [0.717, 1.165) is 37.5 Å². The lowest BCUT2D eigenvalue weighted by atomic mass is 9.53. The number of hydrogen-bond acceptors (Lipinski definition) is 5. The van der Waals surface area contributed by atoms with Crippen LogP contribution in [0, 0.1) is 23.7 Å². The van der Waals surface area contributed by atoms with Gasteiger partial charge in [-0.2, -0.15) is 9.78 Å². The molecule has 6 heteroatoms. The average Bonchev–Trinajstić information content (AvgIpc) is 3.12. The van der Waals surface area contributed by atoms with Gasteiger partial charge in [-0.3, -0.25) is 10.0 Å². The molecule has 1 heterocycles. The number of rotatable bonds is 2. The van der Waals surface area contributed by atoms with Gasteiger partial charge in [0, 0.05) is 30.2 Å². The van der Waals surface area contributed by atoms with Gasteiger partial charge in [-0.05, 0) is 80.4 Å². The van der Waals surface area contributed by atoms with Crippen molar-refractivity contribution in [1.29, 1.82) is 0 Å². The standard InChI is InChI=1S/C23H29NO5/c25-21(24-26)18-3-1-16(2-4-18)17-5-7-22(8-6-17)27-23(29-28-22)19-10-14-9-15(12-19)13-20(23)11-14/h1-4,14-15,17,19-20,26H,5-13H2,(H,24,25). The maximum Gasteiger partial charge on any atom is 0.274 e. The Hall–Kier alpha value is -1.47. The van der Waals surface area contributed by atoms with E-state index in [2.05, 4.69) is 0 Å². The van der Waals surface area contributed by atoms with Gasteiger partial charge in [0.15, 0.2) is 0 Å². The molecule has 156 valence electrons. The van der Waals surface area contributed by atoms with E-state index in [1.165, 1.54) is 37.7 Å². The second-order valence-corrected chi connectivity index (χ2v) is 10.0. The molecular weight excluding hydrogens is 370 g/mol. The number of nitrogens with one attached hydrogen (secondary N) is 1. The van der Waals surface area contributed by atoms with Gasteiger partial charge < -0.3 is 4.74 Å². The first-order chi connectivity index (χ1) is 14.1. The summed E-state index contributed by atoms with van der Waals surface area (Å²) in [4.78, 5) is 23.6. The van der Waals surface area contributed by atoms with Crippen molar-refractivity contribution in [2.24, 2.45) is 23.7 Å². The van der Waals surface area contributed by atoms with E-state index >= 15 is 0 Å². The third-order valence-corrected chi connectivity index (χ3v) is 8.44. The molecule has 1 amide bonds. The van der Waals surface area contributed by atoms with Crippen molar-refractivity contribution in [1.82, 2.24) is 5.48 Å². The van der Waals surface area contributed by atoms with Crippen molar-refractivity contribution < 1.29 is 24.5 Å². The van der Waals surface area contributed by atoms with Crippen LogP contribution in [0.1, 0.15) is 79.6 Å². The lowest BCUT2D eigenvalue weighted by Crippen LogP contribution is -2.59. The van der Waals surface area contributed by atoms with Crippen LogP contribution in [0.4, 0.5) is 0 Å². The fourth-order valence-corrected chi connectivity index (χ4v) is 7.16. The molecule has 29 heavy (non-hydrogen) atoms. The van der Waals surface area contributed by atoms with Crippen LogP contribution in [0.5, 0.6) is 0 Å². The molecule has 1 aromatic rings. The van der Waals surface area contributed by atoms with Crippen molar-refractivity contribution in [2.75, 3.05) is 0 Å². The molecule has 0 radical (unpaired) electrons. The summed E-state index contributed by atoms with van der Waals surface area (Å²) < 4.78 is 6.78. The quantitative estimate of drug-likeness (QED) is 0.441. The molecular formula is C23H29NO5. The molecule has 6 nitrogen and oxygen atoms in total. The first-order valence-electron chi connectivity index (χ1n) is 11.2. The van der Waals surface area contributed by atoms with E-state index in [4.69, 9.17) is 19.7 Å². The van der Waals surface area contributed by atoms with Crippen LogP contribution in [0.15, 0.2) is 24.3 Å². The summed E-state index contributed by atoms with van der Waals surface area (Å²) in [7, 11) is 0. The molecule has 1 aliphatic heterocycles. The van der Waals surface area contributed by atoms with Gasteiger partial charge in [0.05, 0.1) is 0 Å². The van der Waals surface area contributed by atoms with Crippen LogP contribution in [0.2, 0.25) is 0 Å². The SMILES string of the molecule is O=C(NO)c1ccc(C2CCC3(CC2)OOC2(O3)C3CC4CC(C3)CC2C4)cc1. The van der Waals surface area contributed by atoms with E-state index in [9.17, 15) is 4.79 Å². The molecule has 2 N–H and O–H groups in total.